The molecule has 2 aliphatic rings. The SMILES string of the molecule is CC(C)Cc1cc(N2CCN(C(=O)N3CC(c4cc5cc(-c6ccccc6O)nnc5[nH]4)C3)CC2)no1. The van der Waals surface area contributed by atoms with E-state index < -0.39 is 0 Å². The number of piperazine rings is 1. The first-order valence-corrected chi connectivity index (χ1v) is 12.8. The summed E-state index contributed by atoms with van der Waals surface area (Å²) in [6.45, 7) is 8.50. The number of para-hydroxylation sites is 1. The van der Waals surface area contributed by atoms with Gasteiger partial charge in [-0.05, 0) is 30.2 Å². The Morgan fingerprint density at radius 1 is 1.08 bits per heavy atom. The maximum atomic E-state index is 13.1. The predicted molar refractivity (Wildman–Crippen MR) is 140 cm³/mol. The number of hydrogen-bond donors (Lipinski definition) is 2. The standard InChI is InChI=1S/C27H31N7O3/c1-17(2)11-20-14-25(31-37-20)32-7-9-33(10-8-32)27(36)34-15-19(16-34)22-12-18-13-23(29-30-26(18)28-22)21-5-3-4-6-24(21)35/h3-6,12-14,17,19,35H,7-11,15-16H2,1-2H3,(H,28,30). The van der Waals surface area contributed by atoms with Gasteiger partial charge in [0.15, 0.2) is 11.5 Å². The topological polar surface area (TPSA) is 115 Å². The quantitative estimate of drug-likeness (QED) is 0.427. The number of carbonyl (C=O) groups excluding carboxylic acids is 1. The van der Waals surface area contributed by atoms with Crippen LogP contribution in [-0.2, 0) is 6.42 Å². The van der Waals surface area contributed by atoms with Gasteiger partial charge in [0.25, 0.3) is 0 Å². The lowest BCUT2D eigenvalue weighted by atomic mass is 9.96. The molecule has 3 aromatic heterocycles. The second-order valence-corrected chi connectivity index (χ2v) is 10.4. The molecule has 0 saturated carbocycles. The first-order chi connectivity index (χ1) is 17.9. The molecule has 2 fully saturated rings. The van der Waals surface area contributed by atoms with Crippen LogP contribution in [0.15, 0.2) is 47.0 Å². The third-order valence-corrected chi connectivity index (χ3v) is 7.20. The highest BCUT2D eigenvalue weighted by atomic mass is 16.5. The fraction of sp³-hybridized carbons (Fsp3) is 0.407. The summed E-state index contributed by atoms with van der Waals surface area (Å²) in [5.41, 5.74) is 3.04. The molecule has 0 atom stereocenters. The number of nitrogens with zero attached hydrogens (tertiary/aromatic N) is 6. The van der Waals surface area contributed by atoms with Gasteiger partial charge in [-0.3, -0.25) is 0 Å². The average molecular weight is 502 g/mol. The molecule has 0 unspecified atom stereocenters. The van der Waals surface area contributed by atoms with Gasteiger partial charge in [0.2, 0.25) is 0 Å². The van der Waals surface area contributed by atoms with E-state index in [4.69, 9.17) is 4.52 Å². The summed E-state index contributed by atoms with van der Waals surface area (Å²) in [5.74, 6) is 2.71. The van der Waals surface area contributed by atoms with Gasteiger partial charge in [-0.15, -0.1) is 10.2 Å². The van der Waals surface area contributed by atoms with Gasteiger partial charge < -0.3 is 29.3 Å². The number of benzene rings is 1. The molecule has 10 nitrogen and oxygen atoms in total. The molecule has 2 amide bonds. The van der Waals surface area contributed by atoms with E-state index in [1.54, 1.807) is 12.1 Å². The molecule has 2 saturated heterocycles. The molecule has 0 spiro atoms. The van der Waals surface area contributed by atoms with Crippen LogP contribution in [0.2, 0.25) is 0 Å². The molecule has 5 heterocycles. The van der Waals surface area contributed by atoms with E-state index in [1.807, 2.05) is 34.1 Å². The molecule has 192 valence electrons. The Kier molecular flexibility index (Phi) is 5.94. The van der Waals surface area contributed by atoms with E-state index in [9.17, 15) is 9.90 Å². The summed E-state index contributed by atoms with van der Waals surface area (Å²) >= 11 is 0. The summed E-state index contributed by atoms with van der Waals surface area (Å²) < 4.78 is 5.47. The Hall–Kier alpha value is -4.08. The van der Waals surface area contributed by atoms with Crippen molar-refractivity contribution in [3.63, 3.8) is 0 Å². The number of rotatable bonds is 5. The first-order valence-electron chi connectivity index (χ1n) is 12.8. The van der Waals surface area contributed by atoms with Gasteiger partial charge in [-0.25, -0.2) is 4.79 Å². The third kappa shape index (κ3) is 4.59. The maximum Gasteiger partial charge on any atom is 0.320 e. The van der Waals surface area contributed by atoms with Crippen LogP contribution in [0.1, 0.15) is 31.2 Å². The summed E-state index contributed by atoms with van der Waals surface area (Å²) in [5, 5.41) is 23.9. The predicted octanol–water partition coefficient (Wildman–Crippen LogP) is 3.86. The molecule has 1 aromatic carbocycles. The van der Waals surface area contributed by atoms with Crippen LogP contribution < -0.4 is 4.90 Å². The summed E-state index contributed by atoms with van der Waals surface area (Å²) in [4.78, 5) is 22.4. The Morgan fingerprint density at radius 3 is 2.62 bits per heavy atom. The molecule has 2 aliphatic heterocycles. The van der Waals surface area contributed by atoms with E-state index in [2.05, 4.69) is 45.2 Å². The van der Waals surface area contributed by atoms with E-state index in [-0.39, 0.29) is 17.7 Å². The summed E-state index contributed by atoms with van der Waals surface area (Å²) in [6, 6.07) is 13.2. The molecule has 0 bridgehead atoms. The van der Waals surface area contributed by atoms with Crippen molar-refractivity contribution in [3.05, 3.63) is 53.9 Å². The summed E-state index contributed by atoms with van der Waals surface area (Å²) in [7, 11) is 0. The van der Waals surface area contributed by atoms with Crippen molar-refractivity contribution in [1.82, 2.24) is 30.1 Å². The molecule has 0 aliphatic carbocycles. The number of nitrogens with one attached hydrogen (secondary N) is 1. The zero-order valence-electron chi connectivity index (χ0n) is 21.1. The van der Waals surface area contributed by atoms with Gasteiger partial charge in [0.05, 0.1) is 5.69 Å². The Labute approximate surface area is 214 Å². The summed E-state index contributed by atoms with van der Waals surface area (Å²) in [6.07, 6.45) is 0.877. The smallest absolute Gasteiger partial charge is 0.320 e. The number of aromatic hydroxyl groups is 1. The molecule has 6 rings (SSSR count). The van der Waals surface area contributed by atoms with Gasteiger partial charge in [0.1, 0.15) is 11.5 Å². The number of carbonyl (C=O) groups is 1. The Bertz CT molecular complexity index is 1410. The van der Waals surface area contributed by atoms with Crippen molar-refractivity contribution < 1.29 is 14.4 Å². The number of hydrogen-bond acceptors (Lipinski definition) is 7. The number of aromatic amines is 1. The lowest BCUT2D eigenvalue weighted by molar-refractivity contribution is 0.111. The van der Waals surface area contributed by atoms with E-state index in [1.165, 1.54) is 0 Å². The van der Waals surface area contributed by atoms with Crippen LogP contribution in [0.4, 0.5) is 10.6 Å². The minimum atomic E-state index is 0.0919. The fourth-order valence-corrected chi connectivity index (χ4v) is 5.10. The van der Waals surface area contributed by atoms with Gasteiger partial charge >= 0.3 is 6.03 Å². The van der Waals surface area contributed by atoms with E-state index >= 15 is 0 Å². The molecular weight excluding hydrogens is 470 g/mol. The minimum Gasteiger partial charge on any atom is -0.507 e. The van der Waals surface area contributed by atoms with Gasteiger partial charge in [-0.2, -0.15) is 0 Å². The second kappa shape index (κ2) is 9.42. The fourth-order valence-electron chi connectivity index (χ4n) is 5.10. The first kappa shape index (κ1) is 23.3. The molecule has 37 heavy (non-hydrogen) atoms. The number of likely N-dealkylation sites (tertiary alicyclic amines) is 1. The van der Waals surface area contributed by atoms with Crippen molar-refractivity contribution in [1.29, 1.82) is 0 Å². The van der Waals surface area contributed by atoms with Crippen molar-refractivity contribution in [2.24, 2.45) is 5.92 Å². The third-order valence-electron chi connectivity index (χ3n) is 7.20. The van der Waals surface area contributed by atoms with Crippen molar-refractivity contribution in [3.8, 4) is 17.0 Å². The normalized spacial score (nSPS) is 16.6. The molecule has 2 N–H and O–H groups in total. The van der Waals surface area contributed by atoms with Crippen LogP contribution >= 0.6 is 0 Å². The number of aromatic nitrogens is 4. The van der Waals surface area contributed by atoms with Crippen LogP contribution in [-0.4, -0.2) is 80.5 Å². The van der Waals surface area contributed by atoms with E-state index in [0.29, 0.717) is 49.0 Å². The Balaban J connectivity index is 1.04. The number of phenols is 1. The Morgan fingerprint density at radius 2 is 1.86 bits per heavy atom. The lowest BCUT2D eigenvalue weighted by Crippen LogP contribution is -2.58. The van der Waals surface area contributed by atoms with Crippen LogP contribution in [0, 0.1) is 5.92 Å². The lowest BCUT2D eigenvalue weighted by Gasteiger charge is -2.43. The molecule has 0 radical (unpaired) electrons. The van der Waals surface area contributed by atoms with Crippen molar-refractivity contribution in [2.45, 2.75) is 26.2 Å². The van der Waals surface area contributed by atoms with Crippen LogP contribution in [0.25, 0.3) is 22.3 Å². The number of H-pyrrole nitrogens is 1. The largest absolute Gasteiger partial charge is 0.507 e. The maximum absolute atomic E-state index is 13.1. The highest BCUT2D eigenvalue weighted by Gasteiger charge is 2.36. The number of urea groups is 1. The number of phenolic OH excluding ortho intramolecular Hbond substituents is 1. The number of anilines is 1. The highest BCUT2D eigenvalue weighted by molar-refractivity contribution is 5.82. The zero-order valence-corrected chi connectivity index (χ0v) is 21.1. The highest BCUT2D eigenvalue weighted by Crippen LogP contribution is 2.32. The van der Waals surface area contributed by atoms with Gasteiger partial charge in [0, 0.05) is 74.3 Å². The van der Waals surface area contributed by atoms with Gasteiger partial charge in [-0.1, -0.05) is 31.1 Å². The zero-order chi connectivity index (χ0) is 25.5. The van der Waals surface area contributed by atoms with Crippen LogP contribution in [0.3, 0.4) is 0 Å². The molecule has 10 heteroatoms. The van der Waals surface area contributed by atoms with Crippen molar-refractivity contribution >= 4 is 22.9 Å². The number of fused-ring (bicyclic) bond motifs is 1. The second-order valence-electron chi connectivity index (χ2n) is 10.4. The van der Waals surface area contributed by atoms with Crippen LogP contribution in [0.5, 0.6) is 5.75 Å². The number of amides is 2. The monoisotopic (exact) mass is 501 g/mol. The molecular formula is C27H31N7O3. The minimum absolute atomic E-state index is 0.0919. The van der Waals surface area contributed by atoms with E-state index in [0.717, 1.165) is 42.2 Å². The molecule has 4 aromatic rings. The average Bonchev–Trinajstić information content (AvgIpc) is 3.49. The van der Waals surface area contributed by atoms with Crippen molar-refractivity contribution in [2.75, 3.05) is 44.2 Å².